The molecule has 8 nitrogen and oxygen atoms in total. The van der Waals surface area contributed by atoms with Gasteiger partial charge in [-0.25, -0.2) is 8.42 Å². The zero-order valence-electron chi connectivity index (χ0n) is 17.2. The van der Waals surface area contributed by atoms with Crippen LogP contribution >= 0.6 is 11.3 Å². The van der Waals surface area contributed by atoms with Crippen LogP contribution in [0.4, 0.5) is 0 Å². The van der Waals surface area contributed by atoms with Crippen LogP contribution in [-0.4, -0.2) is 60.2 Å². The summed E-state index contributed by atoms with van der Waals surface area (Å²) in [6.07, 6.45) is 0. The molecule has 3 aromatic rings. The van der Waals surface area contributed by atoms with E-state index in [1.165, 1.54) is 34.7 Å². The fourth-order valence-electron chi connectivity index (χ4n) is 3.52. The number of rotatable bonds is 3. The third kappa shape index (κ3) is 4.18. The quantitative estimate of drug-likeness (QED) is 0.599. The maximum Gasteiger partial charge on any atom is 0.279 e. The molecule has 0 bridgehead atoms. The topological polar surface area (TPSA) is 92.1 Å². The molecule has 1 saturated heterocycles. The third-order valence-corrected chi connectivity index (χ3v) is 8.32. The Balaban J connectivity index is 1.61. The number of hydrogen-bond acceptors (Lipinski definition) is 5. The smallest absolute Gasteiger partial charge is 0.279 e. The number of hydrogen-bond donors (Lipinski definition) is 0. The van der Waals surface area contributed by atoms with E-state index in [0.717, 1.165) is 10.2 Å². The number of amides is 2. The first-order valence-electron chi connectivity index (χ1n) is 9.77. The first-order valence-corrected chi connectivity index (χ1v) is 12.0. The zero-order valence-corrected chi connectivity index (χ0v) is 18.8. The average Bonchev–Trinajstić information content (AvgIpc) is 3.09. The molecule has 0 radical (unpaired) electrons. The predicted molar refractivity (Wildman–Crippen MR) is 118 cm³/mol. The molecule has 2 amide bonds. The Morgan fingerprint density at radius 1 is 1.00 bits per heavy atom. The summed E-state index contributed by atoms with van der Waals surface area (Å²) in [5.74, 6) is -0.568. The van der Waals surface area contributed by atoms with Crippen molar-refractivity contribution in [2.75, 3.05) is 26.2 Å². The van der Waals surface area contributed by atoms with Gasteiger partial charge in [0.05, 0.1) is 15.1 Å². The molecule has 0 atom stereocenters. The van der Waals surface area contributed by atoms with Crippen LogP contribution in [-0.2, 0) is 21.9 Å². The maximum absolute atomic E-state index is 13.0. The predicted octanol–water partition coefficient (Wildman–Crippen LogP) is 1.83. The van der Waals surface area contributed by atoms with Gasteiger partial charge >= 0.3 is 0 Å². The molecule has 31 heavy (non-hydrogen) atoms. The molecule has 2 aromatic carbocycles. The van der Waals surface area contributed by atoms with E-state index < -0.39 is 15.9 Å². The van der Waals surface area contributed by atoms with Crippen molar-refractivity contribution < 1.29 is 18.0 Å². The van der Waals surface area contributed by atoms with E-state index in [-0.39, 0.29) is 29.5 Å². The number of aromatic nitrogens is 1. The second-order valence-electron chi connectivity index (χ2n) is 7.27. The summed E-state index contributed by atoms with van der Waals surface area (Å²) < 4.78 is 30.3. The minimum Gasteiger partial charge on any atom is -0.340 e. The van der Waals surface area contributed by atoms with Crippen molar-refractivity contribution in [3.05, 3.63) is 58.9 Å². The Labute approximate surface area is 184 Å². The van der Waals surface area contributed by atoms with E-state index in [9.17, 15) is 18.0 Å². The third-order valence-electron chi connectivity index (χ3n) is 5.31. The van der Waals surface area contributed by atoms with Crippen molar-refractivity contribution in [3.63, 3.8) is 0 Å². The number of benzene rings is 2. The normalized spacial score (nSPS) is 16.1. The fourth-order valence-corrected chi connectivity index (χ4v) is 6.01. The minimum absolute atomic E-state index is 0.0468. The number of thiazole rings is 1. The van der Waals surface area contributed by atoms with Gasteiger partial charge in [0.1, 0.15) is 0 Å². The summed E-state index contributed by atoms with van der Waals surface area (Å²) in [5, 5.41) is 0. The molecular formula is C21H22N4O4S2. The van der Waals surface area contributed by atoms with Crippen molar-refractivity contribution in [2.45, 2.75) is 11.8 Å². The second kappa shape index (κ2) is 8.37. The molecule has 1 fully saturated rings. The van der Waals surface area contributed by atoms with Gasteiger partial charge in [-0.05, 0) is 30.3 Å². The molecule has 1 aliphatic heterocycles. The number of nitrogens with zero attached hydrogens (tertiary/aromatic N) is 4. The molecule has 162 valence electrons. The molecular weight excluding hydrogens is 436 g/mol. The summed E-state index contributed by atoms with van der Waals surface area (Å²) in [4.78, 5) is 30.7. The molecule has 1 aliphatic rings. The number of fused-ring (bicyclic) bond motifs is 1. The van der Waals surface area contributed by atoms with Crippen molar-refractivity contribution >= 4 is 43.4 Å². The monoisotopic (exact) mass is 458 g/mol. The molecule has 0 saturated carbocycles. The Morgan fingerprint density at radius 2 is 1.71 bits per heavy atom. The number of piperazine rings is 1. The number of carbonyl (C=O) groups excluding carboxylic acids is 2. The van der Waals surface area contributed by atoms with Crippen LogP contribution in [0.3, 0.4) is 0 Å². The van der Waals surface area contributed by atoms with Gasteiger partial charge in [-0.2, -0.15) is 9.30 Å². The summed E-state index contributed by atoms with van der Waals surface area (Å²) in [6.45, 7) is 2.62. The van der Waals surface area contributed by atoms with Gasteiger partial charge in [-0.3, -0.25) is 9.59 Å². The highest BCUT2D eigenvalue weighted by atomic mass is 32.2. The standard InChI is InChI=1S/C21H22N4O4S2/c1-15(26)24-10-12-25(13-11-24)31(28,29)17-7-5-6-16(14-17)20(27)22-21-23(2)18-8-3-4-9-19(18)30-21/h3-9,14H,10-13H2,1-2H3. The van der Waals surface area contributed by atoms with Crippen molar-refractivity contribution in [1.29, 1.82) is 0 Å². The highest BCUT2D eigenvalue weighted by Gasteiger charge is 2.29. The minimum atomic E-state index is -3.77. The first kappa shape index (κ1) is 21.4. The van der Waals surface area contributed by atoms with Crippen LogP contribution < -0.4 is 4.80 Å². The number of para-hydroxylation sites is 1. The number of aryl methyl sites for hydroxylation is 1. The van der Waals surface area contributed by atoms with Crippen molar-refractivity contribution in [1.82, 2.24) is 13.8 Å². The van der Waals surface area contributed by atoms with Gasteiger partial charge in [0.2, 0.25) is 15.9 Å². The van der Waals surface area contributed by atoms with Gasteiger partial charge in [-0.15, -0.1) is 0 Å². The van der Waals surface area contributed by atoms with Gasteiger partial charge in [-0.1, -0.05) is 29.5 Å². The Hall–Kier alpha value is -2.82. The van der Waals surface area contributed by atoms with Gasteiger partial charge in [0.25, 0.3) is 5.91 Å². The van der Waals surface area contributed by atoms with E-state index >= 15 is 0 Å². The lowest BCUT2D eigenvalue weighted by atomic mass is 10.2. The molecule has 0 unspecified atom stereocenters. The van der Waals surface area contributed by atoms with Crippen LogP contribution in [0.1, 0.15) is 17.3 Å². The Morgan fingerprint density at radius 3 is 2.39 bits per heavy atom. The number of sulfonamides is 1. The van der Waals surface area contributed by atoms with E-state index in [4.69, 9.17) is 0 Å². The summed E-state index contributed by atoms with van der Waals surface area (Å²) in [6, 6.07) is 13.7. The summed E-state index contributed by atoms with van der Waals surface area (Å²) in [7, 11) is -1.93. The lowest BCUT2D eigenvalue weighted by Crippen LogP contribution is -2.49. The van der Waals surface area contributed by atoms with E-state index in [2.05, 4.69) is 4.99 Å². The number of carbonyl (C=O) groups is 2. The average molecular weight is 459 g/mol. The van der Waals surface area contributed by atoms with E-state index in [0.29, 0.717) is 17.9 Å². The van der Waals surface area contributed by atoms with Gasteiger partial charge in [0.15, 0.2) is 4.80 Å². The lowest BCUT2D eigenvalue weighted by Gasteiger charge is -2.33. The maximum atomic E-state index is 13.0. The largest absolute Gasteiger partial charge is 0.340 e. The molecule has 0 N–H and O–H groups in total. The molecule has 4 rings (SSSR count). The molecule has 10 heteroatoms. The van der Waals surface area contributed by atoms with Crippen LogP contribution in [0.2, 0.25) is 0 Å². The second-order valence-corrected chi connectivity index (χ2v) is 10.2. The Kier molecular flexibility index (Phi) is 5.78. The molecule has 0 aliphatic carbocycles. The summed E-state index contributed by atoms with van der Waals surface area (Å²) >= 11 is 1.40. The highest BCUT2D eigenvalue weighted by molar-refractivity contribution is 7.89. The summed E-state index contributed by atoms with van der Waals surface area (Å²) in [5.41, 5.74) is 1.18. The molecule has 0 spiro atoms. The van der Waals surface area contributed by atoms with Crippen molar-refractivity contribution in [3.8, 4) is 0 Å². The first-order chi connectivity index (χ1) is 14.8. The van der Waals surface area contributed by atoms with E-state index in [1.807, 2.05) is 35.9 Å². The highest BCUT2D eigenvalue weighted by Crippen LogP contribution is 2.20. The van der Waals surface area contributed by atoms with Crippen LogP contribution in [0.25, 0.3) is 10.2 Å². The van der Waals surface area contributed by atoms with Crippen LogP contribution in [0.5, 0.6) is 0 Å². The van der Waals surface area contributed by atoms with Crippen LogP contribution in [0.15, 0.2) is 58.4 Å². The SMILES string of the molecule is CC(=O)N1CCN(S(=O)(=O)c2cccc(C(=O)N=c3sc4ccccc4n3C)c2)CC1. The Bertz CT molecular complexity index is 1330. The van der Waals surface area contributed by atoms with Gasteiger partial charge in [0, 0.05) is 45.7 Å². The van der Waals surface area contributed by atoms with Crippen molar-refractivity contribution in [2.24, 2.45) is 12.0 Å². The molecule has 1 aromatic heterocycles. The van der Waals surface area contributed by atoms with Gasteiger partial charge < -0.3 is 9.47 Å². The lowest BCUT2D eigenvalue weighted by molar-refractivity contribution is -0.129. The fraction of sp³-hybridized carbons (Fsp3) is 0.286. The zero-order chi connectivity index (χ0) is 22.2. The van der Waals surface area contributed by atoms with Crippen LogP contribution in [0, 0.1) is 0 Å². The molecule has 2 heterocycles. The van der Waals surface area contributed by atoms with E-state index in [1.54, 1.807) is 17.0 Å².